The molecule has 17 heavy (non-hydrogen) atoms. The van der Waals surface area contributed by atoms with E-state index in [4.69, 9.17) is 0 Å². The lowest BCUT2D eigenvalue weighted by Gasteiger charge is -2.28. The van der Waals surface area contributed by atoms with Crippen molar-refractivity contribution in [1.29, 1.82) is 0 Å². The normalized spacial score (nSPS) is 19.8. The average Bonchev–Trinajstić information content (AvgIpc) is 2.64. The van der Waals surface area contributed by atoms with E-state index < -0.39 is 0 Å². The minimum absolute atomic E-state index is 0.334. The lowest BCUT2D eigenvalue weighted by atomic mass is 9.91. The van der Waals surface area contributed by atoms with Gasteiger partial charge in [-0.15, -0.1) is 0 Å². The number of phenolic OH excluding ortho intramolecular Hbond substituents is 1. The molecule has 0 fully saturated rings. The molecule has 0 amide bonds. The van der Waals surface area contributed by atoms with Gasteiger partial charge in [0.15, 0.2) is 0 Å². The molecule has 0 radical (unpaired) electrons. The first kappa shape index (κ1) is 10.7. The van der Waals surface area contributed by atoms with Crippen molar-refractivity contribution < 1.29 is 5.11 Å². The van der Waals surface area contributed by atoms with E-state index in [-0.39, 0.29) is 0 Å². The molecule has 1 aromatic carbocycles. The van der Waals surface area contributed by atoms with Crippen LogP contribution in [0.4, 0.5) is 0 Å². The van der Waals surface area contributed by atoms with E-state index in [2.05, 4.69) is 24.0 Å². The molecule has 0 saturated heterocycles. The van der Waals surface area contributed by atoms with E-state index in [1.807, 2.05) is 12.1 Å². The number of fused-ring (bicyclic) bond motifs is 3. The summed E-state index contributed by atoms with van der Waals surface area (Å²) in [6.45, 7) is 0. The number of aromatic hydroxyl groups is 1. The number of nitrogens with zero attached hydrogens (tertiary/aromatic N) is 1. The zero-order chi connectivity index (χ0) is 12.0. The average molecular weight is 230 g/mol. The second kappa shape index (κ2) is 3.77. The summed E-state index contributed by atoms with van der Waals surface area (Å²) in [6.07, 6.45) is 3.42. The highest BCUT2D eigenvalue weighted by molar-refractivity contribution is 5.86. The molecule has 2 aromatic rings. The summed E-state index contributed by atoms with van der Waals surface area (Å²) in [5.74, 6) is 0.334. The van der Waals surface area contributed by atoms with Crippen molar-refractivity contribution in [3.63, 3.8) is 0 Å². The zero-order valence-electron chi connectivity index (χ0n) is 10.3. The molecule has 1 aliphatic carbocycles. The molecular weight excluding hydrogens is 212 g/mol. The van der Waals surface area contributed by atoms with E-state index in [0.29, 0.717) is 11.8 Å². The van der Waals surface area contributed by atoms with Crippen LogP contribution in [0.15, 0.2) is 18.2 Å². The van der Waals surface area contributed by atoms with Crippen LogP contribution < -0.4 is 0 Å². The Kier molecular flexibility index (Phi) is 2.37. The van der Waals surface area contributed by atoms with Crippen LogP contribution in [-0.4, -0.2) is 35.1 Å². The Balaban J connectivity index is 2.09. The first-order chi connectivity index (χ1) is 8.15. The number of nitrogens with one attached hydrogen (secondary N) is 1. The molecule has 0 unspecified atom stereocenters. The van der Waals surface area contributed by atoms with Crippen LogP contribution in [0, 0.1) is 0 Å². The van der Waals surface area contributed by atoms with Crippen LogP contribution >= 0.6 is 0 Å². The Hall–Kier alpha value is -1.48. The number of benzene rings is 1. The summed E-state index contributed by atoms with van der Waals surface area (Å²) in [6, 6.07) is 6.25. The van der Waals surface area contributed by atoms with Gasteiger partial charge < -0.3 is 15.0 Å². The molecule has 1 aliphatic rings. The minimum Gasteiger partial charge on any atom is -0.508 e. The fourth-order valence-electron chi connectivity index (χ4n) is 2.84. The number of aromatic amines is 1. The Morgan fingerprint density at radius 3 is 2.94 bits per heavy atom. The van der Waals surface area contributed by atoms with Gasteiger partial charge in [-0.2, -0.15) is 0 Å². The molecular formula is C14H18N2O. The van der Waals surface area contributed by atoms with E-state index in [1.165, 1.54) is 23.1 Å². The topological polar surface area (TPSA) is 39.3 Å². The van der Waals surface area contributed by atoms with Gasteiger partial charge in [-0.25, -0.2) is 0 Å². The van der Waals surface area contributed by atoms with Gasteiger partial charge in [0.25, 0.3) is 0 Å². The summed E-state index contributed by atoms with van der Waals surface area (Å²) in [5, 5.41) is 10.8. The molecule has 90 valence electrons. The highest BCUT2D eigenvalue weighted by Gasteiger charge is 2.23. The van der Waals surface area contributed by atoms with Crippen LogP contribution in [0.1, 0.15) is 17.7 Å². The third kappa shape index (κ3) is 1.71. The Morgan fingerprint density at radius 2 is 2.18 bits per heavy atom. The summed E-state index contributed by atoms with van der Waals surface area (Å²) in [5.41, 5.74) is 3.85. The quantitative estimate of drug-likeness (QED) is 0.789. The number of aryl methyl sites for hydroxylation is 1. The van der Waals surface area contributed by atoms with Crippen molar-refractivity contribution >= 4 is 10.9 Å². The first-order valence-electron chi connectivity index (χ1n) is 6.14. The lowest BCUT2D eigenvalue weighted by Crippen LogP contribution is -2.33. The van der Waals surface area contributed by atoms with Crippen LogP contribution in [0.5, 0.6) is 5.75 Å². The third-order valence-electron chi connectivity index (χ3n) is 3.88. The smallest absolute Gasteiger partial charge is 0.117 e. The zero-order valence-corrected chi connectivity index (χ0v) is 10.3. The van der Waals surface area contributed by atoms with E-state index in [9.17, 15) is 5.11 Å². The molecule has 0 bridgehead atoms. The molecule has 0 saturated carbocycles. The summed E-state index contributed by atoms with van der Waals surface area (Å²) < 4.78 is 0. The summed E-state index contributed by atoms with van der Waals surface area (Å²) in [7, 11) is 4.30. The van der Waals surface area contributed by atoms with Gasteiger partial charge >= 0.3 is 0 Å². The van der Waals surface area contributed by atoms with E-state index in [1.54, 1.807) is 6.07 Å². The minimum atomic E-state index is 0.334. The molecule has 3 heteroatoms. The maximum atomic E-state index is 9.50. The molecule has 1 heterocycles. The number of aromatic nitrogens is 1. The largest absolute Gasteiger partial charge is 0.508 e. The molecule has 3 nitrogen and oxygen atoms in total. The second-order valence-corrected chi connectivity index (χ2v) is 5.17. The Labute approximate surface area is 101 Å². The highest BCUT2D eigenvalue weighted by atomic mass is 16.3. The van der Waals surface area contributed by atoms with Gasteiger partial charge in [0, 0.05) is 28.7 Å². The van der Waals surface area contributed by atoms with E-state index >= 15 is 0 Å². The van der Waals surface area contributed by atoms with Crippen molar-refractivity contribution in [2.45, 2.75) is 25.3 Å². The van der Waals surface area contributed by atoms with E-state index in [0.717, 1.165) is 18.4 Å². The second-order valence-electron chi connectivity index (χ2n) is 5.17. The van der Waals surface area contributed by atoms with Crippen LogP contribution in [0.2, 0.25) is 0 Å². The van der Waals surface area contributed by atoms with Crippen molar-refractivity contribution in [1.82, 2.24) is 9.88 Å². The maximum Gasteiger partial charge on any atom is 0.117 e. The van der Waals surface area contributed by atoms with Gasteiger partial charge in [0.05, 0.1) is 0 Å². The molecule has 2 N–H and O–H groups in total. The fourth-order valence-corrected chi connectivity index (χ4v) is 2.84. The van der Waals surface area contributed by atoms with Gasteiger partial charge in [0.2, 0.25) is 0 Å². The highest BCUT2D eigenvalue weighted by Crippen LogP contribution is 2.31. The number of hydrogen-bond donors (Lipinski definition) is 2. The van der Waals surface area contributed by atoms with Gasteiger partial charge in [-0.05, 0) is 51.1 Å². The first-order valence-corrected chi connectivity index (χ1v) is 6.14. The van der Waals surface area contributed by atoms with Gasteiger partial charge in [-0.1, -0.05) is 0 Å². The van der Waals surface area contributed by atoms with Crippen molar-refractivity contribution in [2.24, 2.45) is 0 Å². The molecule has 0 aliphatic heterocycles. The monoisotopic (exact) mass is 230 g/mol. The lowest BCUT2D eigenvalue weighted by molar-refractivity contribution is 0.268. The number of phenols is 1. The third-order valence-corrected chi connectivity index (χ3v) is 3.88. The number of H-pyrrole nitrogens is 1. The Morgan fingerprint density at radius 1 is 1.35 bits per heavy atom. The number of rotatable bonds is 1. The van der Waals surface area contributed by atoms with Gasteiger partial charge in [0.1, 0.15) is 5.75 Å². The molecule has 3 rings (SSSR count). The standard InChI is InChI=1S/C14H18N2O/c1-16(2)9-3-6-13-12(7-9)11-5-4-10(17)8-14(11)15-13/h4-5,8-9,15,17H,3,6-7H2,1-2H3/t9-/m1/s1. The molecule has 0 spiro atoms. The Bertz CT molecular complexity index is 557. The van der Waals surface area contributed by atoms with Crippen molar-refractivity contribution in [2.75, 3.05) is 14.1 Å². The summed E-state index contributed by atoms with van der Waals surface area (Å²) >= 11 is 0. The summed E-state index contributed by atoms with van der Waals surface area (Å²) in [4.78, 5) is 5.75. The number of hydrogen-bond acceptors (Lipinski definition) is 2. The van der Waals surface area contributed by atoms with Crippen molar-refractivity contribution in [3.8, 4) is 5.75 Å². The van der Waals surface area contributed by atoms with Crippen LogP contribution in [0.3, 0.4) is 0 Å². The fraction of sp³-hybridized carbons (Fsp3) is 0.429. The SMILES string of the molecule is CN(C)[C@@H]1CCc2[nH]c3cc(O)ccc3c2C1. The van der Waals surface area contributed by atoms with Gasteiger partial charge in [-0.3, -0.25) is 0 Å². The van der Waals surface area contributed by atoms with Crippen LogP contribution in [0.25, 0.3) is 10.9 Å². The predicted molar refractivity (Wildman–Crippen MR) is 69.5 cm³/mol. The molecule has 1 atom stereocenters. The van der Waals surface area contributed by atoms with Crippen molar-refractivity contribution in [3.05, 3.63) is 29.5 Å². The molecule has 1 aromatic heterocycles. The predicted octanol–water partition coefficient (Wildman–Crippen LogP) is 2.29. The maximum absolute atomic E-state index is 9.50. The van der Waals surface area contributed by atoms with Crippen LogP contribution in [-0.2, 0) is 12.8 Å². The number of likely N-dealkylation sites (N-methyl/N-ethyl adjacent to an activating group) is 1.